The van der Waals surface area contributed by atoms with E-state index in [0.717, 1.165) is 5.69 Å². The van der Waals surface area contributed by atoms with Crippen LogP contribution in [0, 0.1) is 17.1 Å². The van der Waals surface area contributed by atoms with Crippen molar-refractivity contribution in [3.63, 3.8) is 0 Å². The summed E-state index contributed by atoms with van der Waals surface area (Å²) in [4.78, 5) is 5.98. The van der Waals surface area contributed by atoms with Gasteiger partial charge in [0.15, 0.2) is 0 Å². The van der Waals surface area contributed by atoms with Gasteiger partial charge in [0.1, 0.15) is 17.4 Å². The van der Waals surface area contributed by atoms with Crippen LogP contribution >= 0.6 is 11.3 Å². The Bertz CT molecular complexity index is 545. The summed E-state index contributed by atoms with van der Waals surface area (Å²) in [6, 6.07) is 6.51. The zero-order valence-corrected chi connectivity index (χ0v) is 10.0. The van der Waals surface area contributed by atoms with E-state index in [2.05, 4.69) is 4.98 Å². The first-order valence-corrected chi connectivity index (χ1v) is 5.93. The van der Waals surface area contributed by atoms with Gasteiger partial charge < -0.3 is 4.90 Å². The summed E-state index contributed by atoms with van der Waals surface area (Å²) in [5, 5.41) is 10.9. The summed E-state index contributed by atoms with van der Waals surface area (Å²) >= 11 is 1.51. The number of thiazole rings is 1. The minimum Gasteiger partial charge on any atom is -0.368 e. The molecule has 0 aliphatic carbocycles. The van der Waals surface area contributed by atoms with Gasteiger partial charge in [0.05, 0.1) is 23.4 Å². The maximum absolute atomic E-state index is 13.4. The second-order valence-corrected chi connectivity index (χ2v) is 4.30. The lowest BCUT2D eigenvalue weighted by Crippen LogP contribution is -2.18. The fraction of sp³-hybridized carbons (Fsp3) is 0.167. The number of anilines is 1. The predicted octanol–water partition coefficient (Wildman–Crippen LogP) is 2.79. The molecule has 0 saturated carbocycles. The molecule has 0 N–H and O–H groups in total. The molecule has 0 aliphatic rings. The van der Waals surface area contributed by atoms with Crippen LogP contribution in [0.2, 0.25) is 0 Å². The van der Waals surface area contributed by atoms with Crippen LogP contribution in [0.15, 0.2) is 29.1 Å². The molecule has 86 valence electrons. The van der Waals surface area contributed by atoms with Gasteiger partial charge in [0.2, 0.25) is 0 Å². The largest absolute Gasteiger partial charge is 0.368 e. The normalized spacial score (nSPS) is 9.94. The van der Waals surface area contributed by atoms with Gasteiger partial charge in [-0.05, 0) is 12.1 Å². The Morgan fingerprint density at radius 2 is 2.35 bits per heavy atom. The van der Waals surface area contributed by atoms with E-state index < -0.39 is 5.82 Å². The van der Waals surface area contributed by atoms with E-state index in [0.29, 0.717) is 12.2 Å². The lowest BCUT2D eigenvalue weighted by atomic mass is 10.1. The molecule has 0 saturated heterocycles. The minimum absolute atomic E-state index is 0.0743. The van der Waals surface area contributed by atoms with Crippen molar-refractivity contribution in [1.82, 2.24) is 4.98 Å². The number of rotatable bonds is 3. The summed E-state index contributed by atoms with van der Waals surface area (Å²) in [6.45, 7) is 0.557. The van der Waals surface area contributed by atoms with Crippen molar-refractivity contribution in [2.75, 3.05) is 11.9 Å². The van der Waals surface area contributed by atoms with Gasteiger partial charge in [-0.15, -0.1) is 11.3 Å². The number of nitrogens with zero attached hydrogens (tertiary/aromatic N) is 3. The van der Waals surface area contributed by atoms with Crippen LogP contribution in [0.25, 0.3) is 0 Å². The molecule has 0 fully saturated rings. The van der Waals surface area contributed by atoms with Gasteiger partial charge in [-0.3, -0.25) is 0 Å². The summed E-state index contributed by atoms with van der Waals surface area (Å²) < 4.78 is 13.4. The van der Waals surface area contributed by atoms with Crippen molar-refractivity contribution in [2.24, 2.45) is 0 Å². The second kappa shape index (κ2) is 4.93. The van der Waals surface area contributed by atoms with Gasteiger partial charge >= 0.3 is 0 Å². The Kier molecular flexibility index (Phi) is 3.35. The number of aromatic nitrogens is 1. The van der Waals surface area contributed by atoms with Crippen LogP contribution in [0.5, 0.6) is 0 Å². The number of nitriles is 1. The monoisotopic (exact) mass is 247 g/mol. The van der Waals surface area contributed by atoms with Gasteiger partial charge in [0.25, 0.3) is 0 Å². The third-order valence-corrected chi connectivity index (χ3v) is 3.03. The Hall–Kier alpha value is -1.93. The molecule has 1 heterocycles. The van der Waals surface area contributed by atoms with E-state index in [-0.39, 0.29) is 5.56 Å². The first kappa shape index (κ1) is 11.6. The van der Waals surface area contributed by atoms with Crippen molar-refractivity contribution >= 4 is 17.0 Å². The molecule has 17 heavy (non-hydrogen) atoms. The molecule has 0 unspecified atom stereocenters. The average Bonchev–Trinajstić information content (AvgIpc) is 2.81. The standard InChI is InChI=1S/C12H10FN3S/c1-16(6-9-7-17-8-15-9)12-4-2-3-11(13)10(12)5-14/h2-4,7-8H,6H2,1H3. The third-order valence-electron chi connectivity index (χ3n) is 2.40. The molecule has 0 bridgehead atoms. The number of hydrogen-bond acceptors (Lipinski definition) is 4. The van der Waals surface area contributed by atoms with E-state index in [1.807, 2.05) is 23.4 Å². The molecule has 5 heteroatoms. The molecule has 0 radical (unpaired) electrons. The van der Waals surface area contributed by atoms with Crippen molar-refractivity contribution in [1.29, 1.82) is 5.26 Å². The summed E-state index contributed by atoms with van der Waals surface area (Å²) in [7, 11) is 1.81. The highest BCUT2D eigenvalue weighted by Gasteiger charge is 2.12. The van der Waals surface area contributed by atoms with E-state index in [1.165, 1.54) is 17.4 Å². The Morgan fingerprint density at radius 1 is 1.53 bits per heavy atom. The molecule has 0 amide bonds. The molecule has 2 aromatic rings. The quantitative estimate of drug-likeness (QED) is 0.837. The Balaban J connectivity index is 2.28. The van der Waals surface area contributed by atoms with Crippen LogP contribution in [0.1, 0.15) is 11.3 Å². The van der Waals surface area contributed by atoms with Gasteiger partial charge in [-0.1, -0.05) is 6.07 Å². The van der Waals surface area contributed by atoms with E-state index >= 15 is 0 Å². The number of benzene rings is 1. The molecule has 0 aliphatic heterocycles. The minimum atomic E-state index is -0.491. The molecule has 1 aromatic carbocycles. The van der Waals surface area contributed by atoms with Crippen LogP contribution < -0.4 is 4.90 Å². The zero-order valence-electron chi connectivity index (χ0n) is 9.22. The third kappa shape index (κ3) is 2.43. The van der Waals surface area contributed by atoms with Gasteiger partial charge in [0, 0.05) is 12.4 Å². The SMILES string of the molecule is CN(Cc1cscn1)c1cccc(F)c1C#N. The molecule has 2 rings (SSSR count). The Labute approximate surface area is 103 Å². The topological polar surface area (TPSA) is 39.9 Å². The highest BCUT2D eigenvalue weighted by Crippen LogP contribution is 2.22. The molecule has 3 nitrogen and oxygen atoms in total. The van der Waals surface area contributed by atoms with E-state index in [4.69, 9.17) is 5.26 Å². The fourth-order valence-corrected chi connectivity index (χ4v) is 2.13. The highest BCUT2D eigenvalue weighted by molar-refractivity contribution is 7.07. The number of halogens is 1. The zero-order chi connectivity index (χ0) is 12.3. The summed E-state index contributed by atoms with van der Waals surface area (Å²) in [6.07, 6.45) is 0. The van der Waals surface area contributed by atoms with Gasteiger partial charge in [-0.2, -0.15) is 5.26 Å². The van der Waals surface area contributed by atoms with Crippen LogP contribution in [0.4, 0.5) is 10.1 Å². The summed E-state index contributed by atoms with van der Waals surface area (Å²) in [5.74, 6) is -0.491. The van der Waals surface area contributed by atoms with Crippen molar-refractivity contribution in [3.05, 3.63) is 46.2 Å². The molecule has 0 atom stereocenters. The molecular weight excluding hydrogens is 237 g/mol. The van der Waals surface area contributed by atoms with E-state index in [1.54, 1.807) is 17.6 Å². The van der Waals surface area contributed by atoms with Crippen molar-refractivity contribution in [2.45, 2.75) is 6.54 Å². The number of hydrogen-bond donors (Lipinski definition) is 0. The lowest BCUT2D eigenvalue weighted by molar-refractivity contribution is 0.623. The second-order valence-electron chi connectivity index (χ2n) is 3.58. The van der Waals surface area contributed by atoms with Gasteiger partial charge in [-0.25, -0.2) is 9.37 Å². The average molecular weight is 247 g/mol. The maximum atomic E-state index is 13.4. The van der Waals surface area contributed by atoms with Crippen LogP contribution in [0.3, 0.4) is 0 Å². The smallest absolute Gasteiger partial charge is 0.143 e. The highest BCUT2D eigenvalue weighted by atomic mass is 32.1. The molecule has 1 aromatic heterocycles. The maximum Gasteiger partial charge on any atom is 0.143 e. The predicted molar refractivity (Wildman–Crippen MR) is 65.3 cm³/mol. The fourth-order valence-electron chi connectivity index (χ4n) is 1.59. The van der Waals surface area contributed by atoms with Crippen LogP contribution in [-0.4, -0.2) is 12.0 Å². The molecular formula is C12H10FN3S. The Morgan fingerprint density at radius 3 is 3.00 bits per heavy atom. The summed E-state index contributed by atoms with van der Waals surface area (Å²) in [5.41, 5.74) is 3.32. The lowest BCUT2D eigenvalue weighted by Gasteiger charge is -2.19. The molecule has 0 spiro atoms. The van der Waals surface area contributed by atoms with E-state index in [9.17, 15) is 4.39 Å². The van der Waals surface area contributed by atoms with Crippen LogP contribution in [-0.2, 0) is 6.54 Å². The first-order valence-electron chi connectivity index (χ1n) is 4.99. The van der Waals surface area contributed by atoms with Crippen molar-refractivity contribution in [3.8, 4) is 6.07 Å². The van der Waals surface area contributed by atoms with Crippen molar-refractivity contribution < 1.29 is 4.39 Å². The first-order chi connectivity index (χ1) is 8.22.